The third-order valence-electron chi connectivity index (χ3n) is 3.62. The van der Waals surface area contributed by atoms with Gasteiger partial charge in [-0.3, -0.25) is 4.68 Å². The molecule has 5 nitrogen and oxygen atoms in total. The molecule has 2 unspecified atom stereocenters. The summed E-state index contributed by atoms with van der Waals surface area (Å²) in [6.45, 7) is 13.2. The van der Waals surface area contributed by atoms with E-state index >= 15 is 0 Å². The first-order chi connectivity index (χ1) is 10.1. The lowest BCUT2D eigenvalue weighted by Crippen LogP contribution is -2.39. The summed E-state index contributed by atoms with van der Waals surface area (Å²) >= 11 is 0. The molecule has 0 saturated carbocycles. The van der Waals surface area contributed by atoms with E-state index in [0.717, 1.165) is 31.0 Å². The molecule has 122 valence electrons. The normalized spacial score (nSPS) is 14.4. The SMILES string of the molecule is CCCNC(c1c(OC)cnn1CC)C(OCC)C(C)C. The van der Waals surface area contributed by atoms with E-state index in [1.54, 1.807) is 13.3 Å². The minimum Gasteiger partial charge on any atom is -0.493 e. The van der Waals surface area contributed by atoms with Crippen molar-refractivity contribution in [1.82, 2.24) is 15.1 Å². The molecule has 1 aromatic rings. The Hall–Kier alpha value is -1.07. The molecule has 0 aliphatic carbocycles. The lowest BCUT2D eigenvalue weighted by Gasteiger charge is -2.31. The number of hydrogen-bond donors (Lipinski definition) is 1. The predicted octanol–water partition coefficient (Wildman–Crippen LogP) is 3.01. The molecule has 0 fully saturated rings. The molecular formula is C16H31N3O2. The van der Waals surface area contributed by atoms with Crippen LogP contribution < -0.4 is 10.1 Å². The molecule has 0 aliphatic heterocycles. The smallest absolute Gasteiger partial charge is 0.161 e. The number of aryl methyl sites for hydroxylation is 1. The van der Waals surface area contributed by atoms with Crippen molar-refractivity contribution in [3.63, 3.8) is 0 Å². The molecule has 21 heavy (non-hydrogen) atoms. The maximum absolute atomic E-state index is 6.03. The molecule has 0 amide bonds. The molecule has 0 aromatic carbocycles. The zero-order valence-electron chi connectivity index (χ0n) is 14.3. The standard InChI is InChI=1S/C16H31N3O2/c1-7-10-17-14(16(12(4)5)21-9-3)15-13(20-6)11-18-19(15)8-2/h11-12,14,16-17H,7-10H2,1-6H3. The molecular weight excluding hydrogens is 266 g/mol. The van der Waals surface area contributed by atoms with E-state index in [-0.39, 0.29) is 12.1 Å². The van der Waals surface area contributed by atoms with Gasteiger partial charge in [0.2, 0.25) is 0 Å². The molecule has 0 aliphatic rings. The van der Waals surface area contributed by atoms with Crippen LogP contribution in [0.1, 0.15) is 52.8 Å². The lowest BCUT2D eigenvalue weighted by atomic mass is 9.96. The van der Waals surface area contributed by atoms with Gasteiger partial charge in [-0.25, -0.2) is 0 Å². The van der Waals surface area contributed by atoms with Gasteiger partial charge in [0.25, 0.3) is 0 Å². The summed E-state index contributed by atoms with van der Waals surface area (Å²) < 4.78 is 13.5. The lowest BCUT2D eigenvalue weighted by molar-refractivity contribution is 0.000245. The van der Waals surface area contributed by atoms with Crippen molar-refractivity contribution in [3.05, 3.63) is 11.9 Å². The van der Waals surface area contributed by atoms with E-state index in [4.69, 9.17) is 9.47 Å². The maximum Gasteiger partial charge on any atom is 0.161 e. The highest BCUT2D eigenvalue weighted by molar-refractivity contribution is 5.29. The van der Waals surface area contributed by atoms with Crippen molar-refractivity contribution >= 4 is 0 Å². The quantitative estimate of drug-likeness (QED) is 0.721. The van der Waals surface area contributed by atoms with Crippen LogP contribution in [0.4, 0.5) is 0 Å². The molecule has 5 heteroatoms. The van der Waals surface area contributed by atoms with Gasteiger partial charge in [0.05, 0.1) is 31.1 Å². The van der Waals surface area contributed by atoms with Crippen LogP contribution in [0.25, 0.3) is 0 Å². The number of nitrogens with zero attached hydrogens (tertiary/aromatic N) is 2. The van der Waals surface area contributed by atoms with E-state index < -0.39 is 0 Å². The zero-order valence-corrected chi connectivity index (χ0v) is 14.3. The first-order valence-corrected chi connectivity index (χ1v) is 8.05. The average molecular weight is 297 g/mol. The second kappa shape index (κ2) is 9.05. The summed E-state index contributed by atoms with van der Waals surface area (Å²) in [5, 5.41) is 8.05. The van der Waals surface area contributed by atoms with Gasteiger partial charge in [0, 0.05) is 13.2 Å². The zero-order chi connectivity index (χ0) is 15.8. The van der Waals surface area contributed by atoms with Crippen LogP contribution in [-0.2, 0) is 11.3 Å². The van der Waals surface area contributed by atoms with Gasteiger partial charge in [-0.1, -0.05) is 20.8 Å². The molecule has 1 rings (SSSR count). The number of ether oxygens (including phenoxy) is 2. The Labute approximate surface area is 129 Å². The van der Waals surface area contributed by atoms with Crippen molar-refractivity contribution in [3.8, 4) is 5.75 Å². The van der Waals surface area contributed by atoms with Crippen LogP contribution in [-0.4, -0.2) is 36.1 Å². The highest BCUT2D eigenvalue weighted by Crippen LogP contribution is 2.31. The molecule has 1 N–H and O–H groups in total. The van der Waals surface area contributed by atoms with Crippen LogP contribution in [0.5, 0.6) is 5.75 Å². The van der Waals surface area contributed by atoms with Crippen LogP contribution in [0.15, 0.2) is 6.20 Å². The molecule has 0 radical (unpaired) electrons. The summed E-state index contributed by atoms with van der Waals surface area (Å²) in [4.78, 5) is 0. The second-order valence-corrected chi connectivity index (χ2v) is 5.51. The van der Waals surface area contributed by atoms with Gasteiger partial charge in [-0.15, -0.1) is 0 Å². The van der Waals surface area contributed by atoms with Crippen molar-refractivity contribution in [2.45, 2.75) is 59.7 Å². The molecule has 1 heterocycles. The molecule has 1 aromatic heterocycles. The Bertz CT molecular complexity index is 383. The van der Waals surface area contributed by atoms with Crippen molar-refractivity contribution in [2.24, 2.45) is 5.92 Å². The largest absolute Gasteiger partial charge is 0.493 e. The topological polar surface area (TPSA) is 48.3 Å². The summed E-state index contributed by atoms with van der Waals surface area (Å²) in [6.07, 6.45) is 2.97. The van der Waals surface area contributed by atoms with E-state index in [1.807, 2.05) is 11.6 Å². The van der Waals surface area contributed by atoms with Crippen molar-refractivity contribution in [2.75, 3.05) is 20.3 Å². The Morgan fingerprint density at radius 2 is 2.00 bits per heavy atom. The Balaban J connectivity index is 3.19. The average Bonchev–Trinajstić information content (AvgIpc) is 2.89. The fourth-order valence-electron chi connectivity index (χ4n) is 2.64. The molecule has 0 saturated heterocycles. The van der Waals surface area contributed by atoms with Crippen LogP contribution >= 0.6 is 0 Å². The van der Waals surface area contributed by atoms with Crippen LogP contribution in [0.3, 0.4) is 0 Å². The summed E-state index contributed by atoms with van der Waals surface area (Å²) in [6, 6.07) is 0.0855. The molecule has 0 bridgehead atoms. The monoisotopic (exact) mass is 297 g/mol. The molecule has 0 spiro atoms. The van der Waals surface area contributed by atoms with Gasteiger partial charge in [-0.05, 0) is 32.7 Å². The minimum absolute atomic E-state index is 0.0855. The number of methoxy groups -OCH3 is 1. The van der Waals surface area contributed by atoms with E-state index in [2.05, 4.69) is 38.1 Å². The van der Waals surface area contributed by atoms with E-state index in [9.17, 15) is 0 Å². The van der Waals surface area contributed by atoms with Crippen molar-refractivity contribution in [1.29, 1.82) is 0 Å². The van der Waals surface area contributed by atoms with E-state index in [1.165, 1.54) is 0 Å². The highest BCUT2D eigenvalue weighted by atomic mass is 16.5. The Morgan fingerprint density at radius 1 is 1.29 bits per heavy atom. The van der Waals surface area contributed by atoms with Crippen molar-refractivity contribution < 1.29 is 9.47 Å². The van der Waals surface area contributed by atoms with E-state index in [0.29, 0.717) is 12.5 Å². The fourth-order valence-corrected chi connectivity index (χ4v) is 2.64. The molecule has 2 atom stereocenters. The first kappa shape index (κ1) is 18.0. The third kappa shape index (κ3) is 4.45. The first-order valence-electron chi connectivity index (χ1n) is 8.05. The van der Waals surface area contributed by atoms with Crippen LogP contribution in [0, 0.1) is 5.92 Å². The highest BCUT2D eigenvalue weighted by Gasteiger charge is 2.31. The number of aromatic nitrogens is 2. The number of rotatable bonds is 10. The second-order valence-electron chi connectivity index (χ2n) is 5.51. The Morgan fingerprint density at radius 3 is 2.48 bits per heavy atom. The predicted molar refractivity (Wildman–Crippen MR) is 85.7 cm³/mol. The minimum atomic E-state index is 0.0855. The fraction of sp³-hybridized carbons (Fsp3) is 0.812. The summed E-state index contributed by atoms with van der Waals surface area (Å²) in [7, 11) is 1.70. The van der Waals surface area contributed by atoms with Gasteiger partial charge in [0.15, 0.2) is 5.75 Å². The summed E-state index contributed by atoms with van der Waals surface area (Å²) in [5.41, 5.74) is 1.08. The van der Waals surface area contributed by atoms with Gasteiger partial charge < -0.3 is 14.8 Å². The van der Waals surface area contributed by atoms with Gasteiger partial charge >= 0.3 is 0 Å². The number of hydrogen-bond acceptors (Lipinski definition) is 4. The Kier molecular flexibility index (Phi) is 7.75. The van der Waals surface area contributed by atoms with Gasteiger partial charge in [-0.2, -0.15) is 5.10 Å². The maximum atomic E-state index is 6.03. The third-order valence-corrected chi connectivity index (χ3v) is 3.62. The summed E-state index contributed by atoms with van der Waals surface area (Å²) in [5.74, 6) is 1.24. The number of nitrogens with one attached hydrogen (secondary N) is 1. The van der Waals surface area contributed by atoms with Crippen LogP contribution in [0.2, 0.25) is 0 Å². The van der Waals surface area contributed by atoms with Gasteiger partial charge in [0.1, 0.15) is 0 Å².